The van der Waals surface area contributed by atoms with Crippen LogP contribution in [0.25, 0.3) is 20.4 Å². The molecule has 120 valence electrons. The van der Waals surface area contributed by atoms with E-state index in [0.717, 1.165) is 26.1 Å². The molecule has 0 spiro atoms. The number of nitrogens with one attached hydrogen (secondary N) is 1. The number of amides is 1. The molecule has 0 saturated carbocycles. The Kier molecular flexibility index (Phi) is 3.47. The molecule has 4 rings (SSSR count). The number of aromatic nitrogens is 2. The Morgan fingerprint density at radius 3 is 2.79 bits per heavy atom. The fourth-order valence-electron chi connectivity index (χ4n) is 2.50. The lowest BCUT2D eigenvalue weighted by molar-refractivity contribution is 0.103. The molecule has 5 nitrogen and oxygen atoms in total. The summed E-state index contributed by atoms with van der Waals surface area (Å²) in [5, 5.41) is 4.24. The number of fused-ring (bicyclic) bond motifs is 2. The number of benzene rings is 1. The summed E-state index contributed by atoms with van der Waals surface area (Å²) in [6, 6.07) is 9.82. The minimum Gasteiger partial charge on any atom is -0.397 e. The van der Waals surface area contributed by atoms with Crippen molar-refractivity contribution in [1.29, 1.82) is 0 Å². The van der Waals surface area contributed by atoms with Crippen molar-refractivity contribution < 1.29 is 4.79 Å². The van der Waals surface area contributed by atoms with Gasteiger partial charge in [-0.05, 0) is 43.7 Å². The molecule has 0 aliphatic rings. The lowest BCUT2D eigenvalue weighted by Gasteiger charge is -1.99. The van der Waals surface area contributed by atoms with Gasteiger partial charge in [-0.3, -0.25) is 10.1 Å². The van der Waals surface area contributed by atoms with Gasteiger partial charge < -0.3 is 5.73 Å². The standard InChI is InChI=1S/C17H14N4OS2/c1-8-3-6-11-12(7-8)23-17(20-11)21-15(22)14-13(18)10-5-4-9(2)19-16(10)24-14/h3-7H,18H2,1-2H3,(H,20,21,22). The van der Waals surface area contributed by atoms with Crippen molar-refractivity contribution in [3.63, 3.8) is 0 Å². The van der Waals surface area contributed by atoms with Crippen molar-refractivity contribution in [2.24, 2.45) is 0 Å². The number of hydrogen-bond donors (Lipinski definition) is 2. The summed E-state index contributed by atoms with van der Waals surface area (Å²) >= 11 is 2.76. The number of thiazole rings is 1. The zero-order valence-corrected chi connectivity index (χ0v) is 14.7. The number of nitrogens with zero attached hydrogens (tertiary/aromatic N) is 2. The van der Waals surface area contributed by atoms with Crippen LogP contribution in [0.15, 0.2) is 30.3 Å². The predicted octanol–water partition coefficient (Wildman–Crippen LogP) is 4.36. The summed E-state index contributed by atoms with van der Waals surface area (Å²) in [6.45, 7) is 3.95. The zero-order chi connectivity index (χ0) is 16.8. The molecule has 1 aromatic carbocycles. The molecule has 3 N–H and O–H groups in total. The number of carbonyl (C=O) groups excluding carboxylic acids is 1. The van der Waals surface area contributed by atoms with Crippen molar-refractivity contribution >= 4 is 59.8 Å². The van der Waals surface area contributed by atoms with Gasteiger partial charge in [-0.25, -0.2) is 9.97 Å². The van der Waals surface area contributed by atoms with Crippen molar-refractivity contribution in [3.05, 3.63) is 46.5 Å². The first-order chi connectivity index (χ1) is 11.5. The highest BCUT2D eigenvalue weighted by Crippen LogP contribution is 2.34. The van der Waals surface area contributed by atoms with Gasteiger partial charge in [0.25, 0.3) is 5.91 Å². The molecule has 7 heteroatoms. The number of hydrogen-bond acceptors (Lipinski definition) is 6. The van der Waals surface area contributed by atoms with Crippen molar-refractivity contribution in [3.8, 4) is 0 Å². The van der Waals surface area contributed by atoms with Crippen molar-refractivity contribution in [2.75, 3.05) is 11.1 Å². The second kappa shape index (κ2) is 5.54. The third kappa shape index (κ3) is 2.51. The molecule has 0 saturated heterocycles. The second-order valence-corrected chi connectivity index (χ2v) is 7.62. The molecule has 0 radical (unpaired) electrons. The number of nitrogen functional groups attached to an aromatic ring is 1. The highest BCUT2D eigenvalue weighted by atomic mass is 32.1. The summed E-state index contributed by atoms with van der Waals surface area (Å²) in [4.78, 5) is 22.7. The van der Waals surface area contributed by atoms with E-state index in [1.54, 1.807) is 0 Å². The average Bonchev–Trinajstić information content (AvgIpc) is 3.07. The Morgan fingerprint density at radius 2 is 1.96 bits per heavy atom. The van der Waals surface area contributed by atoms with Crippen molar-refractivity contribution in [2.45, 2.75) is 13.8 Å². The van der Waals surface area contributed by atoms with Gasteiger partial charge in [-0.2, -0.15) is 0 Å². The molecule has 0 aliphatic carbocycles. The summed E-state index contributed by atoms with van der Waals surface area (Å²) in [5.41, 5.74) is 9.54. The molecule has 4 aromatic rings. The van der Waals surface area contributed by atoms with Crippen LogP contribution < -0.4 is 11.1 Å². The van der Waals surface area contributed by atoms with E-state index in [-0.39, 0.29) is 5.91 Å². The first-order valence-electron chi connectivity index (χ1n) is 7.35. The van der Waals surface area contributed by atoms with Gasteiger partial charge in [0.05, 0.1) is 15.9 Å². The smallest absolute Gasteiger partial charge is 0.269 e. The van der Waals surface area contributed by atoms with E-state index in [1.165, 1.54) is 28.2 Å². The number of thiophene rings is 1. The van der Waals surface area contributed by atoms with Gasteiger partial charge >= 0.3 is 0 Å². The van der Waals surface area contributed by atoms with Crippen LogP contribution >= 0.6 is 22.7 Å². The Labute approximate surface area is 146 Å². The molecule has 0 atom stereocenters. The monoisotopic (exact) mass is 354 g/mol. The van der Waals surface area contributed by atoms with Gasteiger partial charge in [0.1, 0.15) is 9.71 Å². The van der Waals surface area contributed by atoms with Gasteiger partial charge in [-0.1, -0.05) is 17.4 Å². The predicted molar refractivity (Wildman–Crippen MR) is 101 cm³/mol. The summed E-state index contributed by atoms with van der Waals surface area (Å²) in [5.74, 6) is -0.246. The van der Waals surface area contributed by atoms with Crippen LogP contribution in [0.2, 0.25) is 0 Å². The molecule has 0 unspecified atom stereocenters. The average molecular weight is 354 g/mol. The Morgan fingerprint density at radius 1 is 1.12 bits per heavy atom. The van der Waals surface area contributed by atoms with Gasteiger partial charge in [0.2, 0.25) is 0 Å². The maximum Gasteiger partial charge on any atom is 0.269 e. The number of pyridine rings is 1. The van der Waals surface area contributed by atoms with E-state index in [1.807, 2.05) is 38.1 Å². The van der Waals surface area contributed by atoms with Crippen molar-refractivity contribution in [1.82, 2.24) is 9.97 Å². The fraction of sp³-hybridized carbons (Fsp3) is 0.118. The van der Waals surface area contributed by atoms with E-state index in [9.17, 15) is 4.79 Å². The van der Waals surface area contributed by atoms with Crippen LogP contribution in [0.3, 0.4) is 0 Å². The third-order valence-corrected chi connectivity index (χ3v) is 5.75. The van der Waals surface area contributed by atoms with E-state index in [0.29, 0.717) is 15.7 Å². The molecule has 0 aliphatic heterocycles. The quantitative estimate of drug-likeness (QED) is 0.560. The second-order valence-electron chi connectivity index (χ2n) is 5.59. The highest BCUT2D eigenvalue weighted by Gasteiger charge is 2.18. The molecular formula is C17H14N4OS2. The summed E-state index contributed by atoms with van der Waals surface area (Å²) in [6.07, 6.45) is 0. The van der Waals surface area contributed by atoms with Gasteiger partial charge in [0, 0.05) is 11.1 Å². The molecule has 1 amide bonds. The Hall–Kier alpha value is -2.51. The van der Waals surface area contributed by atoms with Crippen LogP contribution in [0, 0.1) is 13.8 Å². The summed E-state index contributed by atoms with van der Waals surface area (Å²) in [7, 11) is 0. The Bertz CT molecular complexity index is 1100. The van der Waals surface area contributed by atoms with E-state index >= 15 is 0 Å². The van der Waals surface area contributed by atoms with E-state index in [4.69, 9.17) is 5.73 Å². The zero-order valence-electron chi connectivity index (χ0n) is 13.1. The molecule has 0 fully saturated rings. The number of nitrogens with two attached hydrogens (primary N) is 1. The van der Waals surface area contributed by atoms with Crippen LogP contribution in [-0.2, 0) is 0 Å². The fourth-order valence-corrected chi connectivity index (χ4v) is 4.49. The molecule has 0 bridgehead atoms. The first kappa shape index (κ1) is 15.0. The summed E-state index contributed by atoms with van der Waals surface area (Å²) < 4.78 is 1.05. The van der Waals surface area contributed by atoms with E-state index in [2.05, 4.69) is 21.4 Å². The lowest BCUT2D eigenvalue weighted by atomic mass is 10.2. The maximum atomic E-state index is 12.6. The van der Waals surface area contributed by atoms with Crippen LogP contribution in [0.1, 0.15) is 20.9 Å². The highest BCUT2D eigenvalue weighted by molar-refractivity contribution is 7.23. The van der Waals surface area contributed by atoms with Crippen LogP contribution in [-0.4, -0.2) is 15.9 Å². The van der Waals surface area contributed by atoms with E-state index < -0.39 is 0 Å². The third-order valence-electron chi connectivity index (χ3n) is 3.70. The molecule has 3 heterocycles. The molecule has 3 aromatic heterocycles. The largest absolute Gasteiger partial charge is 0.397 e. The maximum absolute atomic E-state index is 12.6. The molecule has 24 heavy (non-hydrogen) atoms. The number of anilines is 2. The topological polar surface area (TPSA) is 80.9 Å². The van der Waals surface area contributed by atoms with Crippen LogP contribution in [0.4, 0.5) is 10.8 Å². The lowest BCUT2D eigenvalue weighted by Crippen LogP contribution is -2.11. The normalized spacial score (nSPS) is 11.2. The minimum atomic E-state index is -0.246. The number of rotatable bonds is 2. The first-order valence-corrected chi connectivity index (χ1v) is 8.99. The minimum absolute atomic E-state index is 0.246. The number of aryl methyl sites for hydroxylation is 2. The Balaban J connectivity index is 1.69. The SMILES string of the molecule is Cc1ccc2nc(NC(=O)c3sc4nc(C)ccc4c3N)sc2c1. The molecular weight excluding hydrogens is 340 g/mol. The van der Waals surface area contributed by atoms with Crippen LogP contribution in [0.5, 0.6) is 0 Å². The van der Waals surface area contributed by atoms with Gasteiger partial charge in [0.15, 0.2) is 5.13 Å². The number of carbonyl (C=O) groups is 1. The van der Waals surface area contributed by atoms with Gasteiger partial charge in [-0.15, -0.1) is 11.3 Å².